The number of para-hydroxylation sites is 1. The van der Waals surface area contributed by atoms with Gasteiger partial charge in [0.05, 0.1) is 26.2 Å². The first-order valence-electron chi connectivity index (χ1n) is 10.6. The summed E-state index contributed by atoms with van der Waals surface area (Å²) in [5, 5.41) is 0. The molecule has 5 nitrogen and oxygen atoms in total. The number of rotatable bonds is 6. The van der Waals surface area contributed by atoms with Gasteiger partial charge in [0.1, 0.15) is 5.75 Å². The van der Waals surface area contributed by atoms with E-state index < -0.39 is 0 Å². The SMILES string of the molecule is O=C(CCOc1ccccc1)N1CCC(c2ccccc2)(N2CCOCC2)CC1. The fraction of sp³-hybridized carbons (Fsp3) is 0.458. The average molecular weight is 395 g/mol. The summed E-state index contributed by atoms with van der Waals surface area (Å²) in [7, 11) is 0. The van der Waals surface area contributed by atoms with E-state index in [9.17, 15) is 4.79 Å². The number of likely N-dealkylation sites (tertiary alicyclic amines) is 1. The van der Waals surface area contributed by atoms with Crippen LogP contribution in [0.2, 0.25) is 0 Å². The van der Waals surface area contributed by atoms with E-state index in [-0.39, 0.29) is 11.4 Å². The van der Waals surface area contributed by atoms with E-state index in [1.54, 1.807) is 0 Å². The first-order chi connectivity index (χ1) is 14.3. The quantitative estimate of drug-likeness (QED) is 0.754. The molecule has 0 unspecified atom stereocenters. The van der Waals surface area contributed by atoms with Crippen molar-refractivity contribution < 1.29 is 14.3 Å². The number of piperidine rings is 1. The Morgan fingerprint density at radius 1 is 0.897 bits per heavy atom. The maximum Gasteiger partial charge on any atom is 0.225 e. The number of ether oxygens (including phenoxy) is 2. The number of carbonyl (C=O) groups is 1. The smallest absolute Gasteiger partial charge is 0.225 e. The Morgan fingerprint density at radius 3 is 2.17 bits per heavy atom. The number of benzene rings is 2. The summed E-state index contributed by atoms with van der Waals surface area (Å²) in [6, 6.07) is 20.5. The predicted molar refractivity (Wildman–Crippen MR) is 113 cm³/mol. The van der Waals surface area contributed by atoms with Gasteiger partial charge in [0, 0.05) is 31.7 Å². The van der Waals surface area contributed by atoms with E-state index >= 15 is 0 Å². The van der Waals surface area contributed by atoms with Crippen LogP contribution < -0.4 is 4.74 Å². The molecule has 29 heavy (non-hydrogen) atoms. The topological polar surface area (TPSA) is 42.0 Å². The van der Waals surface area contributed by atoms with Crippen LogP contribution in [0.3, 0.4) is 0 Å². The van der Waals surface area contributed by atoms with Gasteiger partial charge in [-0.05, 0) is 30.5 Å². The minimum Gasteiger partial charge on any atom is -0.493 e. The second-order valence-electron chi connectivity index (χ2n) is 7.79. The molecule has 2 aliphatic heterocycles. The normalized spacial score (nSPS) is 19.7. The van der Waals surface area contributed by atoms with Crippen LogP contribution in [-0.2, 0) is 15.1 Å². The van der Waals surface area contributed by atoms with Gasteiger partial charge in [-0.1, -0.05) is 48.5 Å². The minimum absolute atomic E-state index is 0.00234. The number of hydrogen-bond donors (Lipinski definition) is 0. The second-order valence-corrected chi connectivity index (χ2v) is 7.79. The molecule has 5 heteroatoms. The number of nitrogens with zero attached hydrogens (tertiary/aromatic N) is 2. The summed E-state index contributed by atoms with van der Waals surface area (Å²) in [4.78, 5) is 17.3. The fourth-order valence-corrected chi connectivity index (χ4v) is 4.58. The Balaban J connectivity index is 1.37. The Hall–Kier alpha value is -2.37. The maximum atomic E-state index is 12.7. The summed E-state index contributed by atoms with van der Waals surface area (Å²) in [6.07, 6.45) is 2.34. The molecule has 0 aliphatic carbocycles. The largest absolute Gasteiger partial charge is 0.493 e. The Morgan fingerprint density at radius 2 is 1.52 bits per heavy atom. The zero-order chi connectivity index (χ0) is 19.9. The van der Waals surface area contributed by atoms with Crippen LogP contribution in [0.25, 0.3) is 0 Å². The molecule has 154 valence electrons. The maximum absolute atomic E-state index is 12.7. The monoisotopic (exact) mass is 394 g/mol. The van der Waals surface area contributed by atoms with Gasteiger partial charge in [0.15, 0.2) is 0 Å². The highest BCUT2D eigenvalue weighted by Gasteiger charge is 2.42. The molecule has 4 rings (SSSR count). The summed E-state index contributed by atoms with van der Waals surface area (Å²) in [6.45, 7) is 5.48. The van der Waals surface area contributed by atoms with E-state index in [1.807, 2.05) is 35.2 Å². The van der Waals surface area contributed by atoms with E-state index in [0.717, 1.165) is 58.0 Å². The van der Waals surface area contributed by atoms with E-state index in [0.29, 0.717) is 13.0 Å². The molecule has 2 aliphatic rings. The average Bonchev–Trinajstić information content (AvgIpc) is 2.81. The van der Waals surface area contributed by atoms with Crippen LogP contribution in [0.1, 0.15) is 24.8 Å². The third-order valence-corrected chi connectivity index (χ3v) is 6.20. The first kappa shape index (κ1) is 19.9. The molecule has 1 amide bonds. The van der Waals surface area contributed by atoms with Gasteiger partial charge >= 0.3 is 0 Å². The number of morpholine rings is 1. The van der Waals surface area contributed by atoms with Gasteiger partial charge in [-0.25, -0.2) is 0 Å². The molecule has 0 saturated carbocycles. The van der Waals surface area contributed by atoms with Crippen LogP contribution in [-0.4, -0.2) is 61.7 Å². The molecule has 2 aromatic carbocycles. The molecule has 2 aromatic rings. The van der Waals surface area contributed by atoms with Crippen LogP contribution in [0.4, 0.5) is 0 Å². The van der Waals surface area contributed by atoms with Gasteiger partial charge < -0.3 is 14.4 Å². The molecule has 0 aromatic heterocycles. The Bertz CT molecular complexity index is 767. The fourth-order valence-electron chi connectivity index (χ4n) is 4.58. The summed E-state index contributed by atoms with van der Waals surface area (Å²) >= 11 is 0. The lowest BCUT2D eigenvalue weighted by Gasteiger charge is -2.50. The predicted octanol–water partition coefficient (Wildman–Crippen LogP) is 3.31. The lowest BCUT2D eigenvalue weighted by Crippen LogP contribution is -2.57. The second kappa shape index (κ2) is 9.42. The van der Waals surface area contributed by atoms with Crippen molar-refractivity contribution in [2.75, 3.05) is 46.0 Å². The van der Waals surface area contributed by atoms with E-state index in [4.69, 9.17) is 9.47 Å². The third-order valence-electron chi connectivity index (χ3n) is 6.20. The molecule has 0 atom stereocenters. The first-order valence-corrected chi connectivity index (χ1v) is 10.6. The summed E-state index contributed by atoms with van der Waals surface area (Å²) < 4.78 is 11.3. The molecule has 0 bridgehead atoms. The molecular weight excluding hydrogens is 364 g/mol. The molecule has 0 spiro atoms. The molecular formula is C24H30N2O3. The van der Waals surface area contributed by atoms with Gasteiger partial charge in [0.25, 0.3) is 0 Å². The Kier molecular flexibility index (Phi) is 6.47. The van der Waals surface area contributed by atoms with Crippen molar-refractivity contribution in [2.24, 2.45) is 0 Å². The van der Waals surface area contributed by atoms with Crippen LogP contribution in [0, 0.1) is 0 Å². The van der Waals surface area contributed by atoms with Crippen molar-refractivity contribution in [3.63, 3.8) is 0 Å². The minimum atomic E-state index is 0.00234. The van der Waals surface area contributed by atoms with Gasteiger partial charge in [0.2, 0.25) is 5.91 Å². The van der Waals surface area contributed by atoms with E-state index in [1.165, 1.54) is 5.56 Å². The Labute approximate surface area is 173 Å². The third kappa shape index (κ3) is 4.62. The number of carbonyl (C=O) groups excluding carboxylic acids is 1. The molecule has 2 heterocycles. The zero-order valence-electron chi connectivity index (χ0n) is 17.0. The highest BCUT2D eigenvalue weighted by Crippen LogP contribution is 2.39. The van der Waals surface area contributed by atoms with Crippen LogP contribution in [0.15, 0.2) is 60.7 Å². The number of hydrogen-bond acceptors (Lipinski definition) is 4. The summed E-state index contributed by atoms with van der Waals surface area (Å²) in [5.74, 6) is 0.999. The van der Waals surface area contributed by atoms with Crippen LogP contribution in [0.5, 0.6) is 5.75 Å². The van der Waals surface area contributed by atoms with Crippen molar-refractivity contribution in [3.8, 4) is 5.75 Å². The van der Waals surface area contributed by atoms with Crippen LogP contribution >= 0.6 is 0 Å². The van der Waals surface area contributed by atoms with Crippen molar-refractivity contribution in [1.29, 1.82) is 0 Å². The molecule has 2 fully saturated rings. The summed E-state index contributed by atoms with van der Waals surface area (Å²) in [5.41, 5.74) is 1.36. The van der Waals surface area contributed by atoms with Crippen molar-refractivity contribution in [3.05, 3.63) is 66.2 Å². The van der Waals surface area contributed by atoms with Crippen molar-refractivity contribution in [2.45, 2.75) is 24.8 Å². The van der Waals surface area contributed by atoms with Gasteiger partial charge in [-0.3, -0.25) is 9.69 Å². The highest BCUT2D eigenvalue weighted by atomic mass is 16.5. The lowest BCUT2D eigenvalue weighted by atomic mass is 9.79. The van der Waals surface area contributed by atoms with Gasteiger partial charge in [-0.15, -0.1) is 0 Å². The molecule has 2 saturated heterocycles. The number of amides is 1. The van der Waals surface area contributed by atoms with Gasteiger partial charge in [-0.2, -0.15) is 0 Å². The van der Waals surface area contributed by atoms with Crippen molar-refractivity contribution in [1.82, 2.24) is 9.80 Å². The standard InChI is InChI=1S/C24H30N2O3/c27-23(11-18-29-22-9-5-2-6-10-22)25-14-12-24(13-15-25,21-7-3-1-4-8-21)26-16-19-28-20-17-26/h1-10H,11-20H2. The van der Waals surface area contributed by atoms with E-state index in [2.05, 4.69) is 35.2 Å². The molecule has 0 radical (unpaired) electrons. The zero-order valence-corrected chi connectivity index (χ0v) is 17.0. The highest BCUT2D eigenvalue weighted by molar-refractivity contribution is 5.76. The van der Waals surface area contributed by atoms with Crippen molar-refractivity contribution >= 4 is 5.91 Å². The molecule has 0 N–H and O–H groups in total. The lowest BCUT2D eigenvalue weighted by molar-refractivity contribution is -0.135.